The van der Waals surface area contributed by atoms with Crippen LogP contribution in [-0.2, 0) is 6.42 Å². The first-order chi connectivity index (χ1) is 16.8. The predicted octanol–water partition coefficient (Wildman–Crippen LogP) is 2.23. The van der Waals surface area contributed by atoms with Crippen molar-refractivity contribution >= 4 is 22.8 Å². The van der Waals surface area contributed by atoms with Gasteiger partial charge in [0, 0.05) is 18.5 Å². The van der Waals surface area contributed by atoms with Crippen molar-refractivity contribution in [2.75, 3.05) is 26.2 Å². The molecule has 2 amide bonds. The number of phenols is 1. The van der Waals surface area contributed by atoms with E-state index in [-0.39, 0.29) is 23.4 Å². The van der Waals surface area contributed by atoms with Crippen LogP contribution >= 0.6 is 0 Å². The number of benzene rings is 2. The summed E-state index contributed by atoms with van der Waals surface area (Å²) >= 11 is 0. The number of β-amino-alcohol motifs (C(OH)–C–C–N with tert-alkyl or cyclic N) is 1. The molecule has 3 aliphatic heterocycles. The van der Waals surface area contributed by atoms with Crippen molar-refractivity contribution in [3.05, 3.63) is 47.4 Å². The number of carbonyl (C=O) groups excluding carboxylic acids is 1. The smallest absolute Gasteiger partial charge is 0.320 e. The zero-order valence-electron chi connectivity index (χ0n) is 19.5. The Morgan fingerprint density at radius 2 is 2.03 bits per heavy atom. The van der Waals surface area contributed by atoms with E-state index in [1.807, 2.05) is 25.1 Å². The Morgan fingerprint density at radius 3 is 2.74 bits per heavy atom. The van der Waals surface area contributed by atoms with Crippen molar-refractivity contribution in [1.82, 2.24) is 25.3 Å². The quantitative estimate of drug-likeness (QED) is 0.461. The summed E-state index contributed by atoms with van der Waals surface area (Å²) in [4.78, 5) is 21.0. The molecule has 0 saturated carbocycles. The third kappa shape index (κ3) is 3.43. The number of nitrogens with one attached hydrogen (secondary N) is 2. The van der Waals surface area contributed by atoms with Gasteiger partial charge in [0.05, 0.1) is 36.3 Å². The molecule has 0 spiro atoms. The molecule has 2 aromatic carbocycles. The third-order valence-corrected chi connectivity index (χ3v) is 7.39. The largest absolute Gasteiger partial charge is 0.505 e. The fourth-order valence-electron chi connectivity index (χ4n) is 5.35. The van der Waals surface area contributed by atoms with E-state index < -0.39 is 11.9 Å². The number of aliphatic hydroxyl groups excluding tert-OH is 1. The second-order valence-electron chi connectivity index (χ2n) is 9.90. The minimum Gasteiger partial charge on any atom is -0.505 e. The Morgan fingerprint density at radius 1 is 1.23 bits per heavy atom. The van der Waals surface area contributed by atoms with Gasteiger partial charge in [0.25, 0.3) is 0 Å². The molecule has 2 fully saturated rings. The highest BCUT2D eigenvalue weighted by atomic mass is 19.1. The normalized spacial score (nSPS) is 23.9. The van der Waals surface area contributed by atoms with Gasteiger partial charge < -0.3 is 25.3 Å². The van der Waals surface area contributed by atoms with E-state index >= 15 is 0 Å². The van der Waals surface area contributed by atoms with Gasteiger partial charge in [-0.1, -0.05) is 13.0 Å². The summed E-state index contributed by atoms with van der Waals surface area (Å²) < 4.78 is 14.1. The van der Waals surface area contributed by atoms with Crippen LogP contribution in [0.1, 0.15) is 25.1 Å². The molecule has 9 nitrogen and oxygen atoms in total. The zero-order chi connectivity index (χ0) is 24.5. The van der Waals surface area contributed by atoms with Crippen LogP contribution in [-0.4, -0.2) is 85.9 Å². The Hall–Kier alpha value is -3.66. The number of hydrogen-bond acceptors (Lipinski definition) is 6. The summed E-state index contributed by atoms with van der Waals surface area (Å²) in [5.41, 5.74) is 3.54. The monoisotopic (exact) mass is 478 g/mol. The number of aliphatic imine (C=N–C) groups is 1. The molecule has 4 heterocycles. The molecule has 0 aliphatic carbocycles. The fraction of sp³-hybridized carbons (Fsp3) is 0.400. The molecule has 182 valence electrons. The van der Waals surface area contributed by atoms with E-state index in [1.54, 1.807) is 9.80 Å². The number of aromatic hydroxyl groups is 1. The number of H-pyrrole nitrogens is 1. The zero-order valence-corrected chi connectivity index (χ0v) is 19.5. The van der Waals surface area contributed by atoms with Crippen molar-refractivity contribution in [2.45, 2.75) is 38.0 Å². The lowest BCUT2D eigenvalue weighted by Gasteiger charge is -2.38. The molecular formula is C25H27FN6O3. The van der Waals surface area contributed by atoms with Crippen molar-refractivity contribution < 1.29 is 19.4 Å². The number of phenolic OH excluding ortho intramolecular Hbond substituents is 1. The fourth-order valence-corrected chi connectivity index (χ4v) is 5.35. The molecule has 0 bridgehead atoms. The minimum atomic E-state index is -0.648. The van der Waals surface area contributed by atoms with Gasteiger partial charge in [0.15, 0.2) is 17.4 Å². The molecule has 3 aromatic rings. The Balaban J connectivity index is 1.26. The van der Waals surface area contributed by atoms with Crippen LogP contribution < -0.4 is 5.32 Å². The molecule has 2 atom stereocenters. The Labute approximate surface area is 201 Å². The molecule has 1 aromatic heterocycles. The first kappa shape index (κ1) is 21.8. The molecule has 3 aliphatic rings. The lowest BCUT2D eigenvalue weighted by molar-refractivity contribution is 0.0165. The van der Waals surface area contributed by atoms with Crippen molar-refractivity contribution in [3.63, 3.8) is 0 Å². The average Bonchev–Trinajstić information content (AvgIpc) is 3.46. The number of amides is 2. The van der Waals surface area contributed by atoms with Crippen molar-refractivity contribution in [3.8, 4) is 16.9 Å². The van der Waals surface area contributed by atoms with Gasteiger partial charge in [-0.2, -0.15) is 5.10 Å². The number of aryl methyl sites for hydroxylation is 1. The van der Waals surface area contributed by atoms with E-state index in [0.29, 0.717) is 44.1 Å². The average molecular weight is 479 g/mol. The van der Waals surface area contributed by atoms with Gasteiger partial charge in [-0.15, -0.1) is 0 Å². The number of aromatic amines is 1. The standard InChI is InChI=1S/C25H27FN6O3/c1-3-13-7-20(34)18(26)8-17(13)14-4-5-16-19(6-14)29-30-22(16)23-27-21-11-32(12-25(21,2)28-23)24(35)31-9-15(33)10-31/h4-8,15,21,33-34H,3,9-12H2,1-2H3,(H,27,28)(H,29,30). The molecule has 2 unspecified atom stereocenters. The number of nitrogens with zero attached hydrogens (tertiary/aromatic N) is 4. The summed E-state index contributed by atoms with van der Waals surface area (Å²) in [6, 6.07) is 8.49. The maximum atomic E-state index is 14.1. The van der Waals surface area contributed by atoms with Crippen molar-refractivity contribution in [2.24, 2.45) is 4.99 Å². The molecule has 35 heavy (non-hydrogen) atoms. The van der Waals surface area contributed by atoms with Crippen LogP contribution in [0.4, 0.5) is 9.18 Å². The number of likely N-dealkylation sites (tertiary alicyclic amines) is 2. The topological polar surface area (TPSA) is 117 Å². The van der Waals surface area contributed by atoms with E-state index in [0.717, 1.165) is 27.6 Å². The molecule has 10 heteroatoms. The molecule has 4 N–H and O–H groups in total. The predicted molar refractivity (Wildman–Crippen MR) is 129 cm³/mol. The Kier molecular flexibility index (Phi) is 4.79. The number of rotatable bonds is 3. The van der Waals surface area contributed by atoms with Crippen LogP contribution in [0.3, 0.4) is 0 Å². The van der Waals surface area contributed by atoms with E-state index in [9.17, 15) is 19.4 Å². The first-order valence-electron chi connectivity index (χ1n) is 11.8. The first-order valence-corrected chi connectivity index (χ1v) is 11.8. The molecule has 0 radical (unpaired) electrons. The summed E-state index contributed by atoms with van der Waals surface area (Å²) in [5, 5.41) is 31.2. The molecule has 2 saturated heterocycles. The number of hydrogen-bond donors (Lipinski definition) is 4. The highest BCUT2D eigenvalue weighted by Gasteiger charge is 2.50. The number of fused-ring (bicyclic) bond motifs is 2. The number of aliphatic hydroxyl groups is 1. The van der Waals surface area contributed by atoms with E-state index in [4.69, 9.17) is 4.99 Å². The lowest BCUT2D eigenvalue weighted by Crippen LogP contribution is -2.58. The highest BCUT2D eigenvalue weighted by Crippen LogP contribution is 2.34. The maximum Gasteiger partial charge on any atom is 0.320 e. The van der Waals surface area contributed by atoms with Gasteiger partial charge in [-0.25, -0.2) is 9.18 Å². The maximum absolute atomic E-state index is 14.1. The van der Waals surface area contributed by atoms with Gasteiger partial charge >= 0.3 is 6.03 Å². The second-order valence-corrected chi connectivity index (χ2v) is 9.90. The van der Waals surface area contributed by atoms with Crippen LogP contribution in [0.5, 0.6) is 5.75 Å². The summed E-state index contributed by atoms with van der Waals surface area (Å²) in [5.74, 6) is -0.305. The molecular weight excluding hydrogens is 451 g/mol. The van der Waals surface area contributed by atoms with Crippen LogP contribution in [0, 0.1) is 5.82 Å². The van der Waals surface area contributed by atoms with Crippen LogP contribution in [0.2, 0.25) is 0 Å². The van der Waals surface area contributed by atoms with Crippen LogP contribution in [0.25, 0.3) is 22.0 Å². The van der Waals surface area contributed by atoms with Crippen molar-refractivity contribution in [1.29, 1.82) is 0 Å². The summed E-state index contributed by atoms with van der Waals surface area (Å²) in [6.07, 6.45) is 0.239. The van der Waals surface area contributed by atoms with Gasteiger partial charge in [-0.05, 0) is 54.3 Å². The summed E-state index contributed by atoms with van der Waals surface area (Å²) in [7, 11) is 0. The number of halogens is 1. The third-order valence-electron chi connectivity index (χ3n) is 7.39. The number of amidine groups is 1. The van der Waals surface area contributed by atoms with E-state index in [2.05, 4.69) is 22.4 Å². The number of carbonyl (C=O) groups is 1. The van der Waals surface area contributed by atoms with Gasteiger partial charge in [0.2, 0.25) is 0 Å². The van der Waals surface area contributed by atoms with Crippen LogP contribution in [0.15, 0.2) is 35.3 Å². The van der Waals surface area contributed by atoms with E-state index in [1.165, 1.54) is 12.1 Å². The highest BCUT2D eigenvalue weighted by molar-refractivity contribution is 6.09. The molecule has 6 rings (SSSR count). The van der Waals surface area contributed by atoms with Gasteiger partial charge in [0.1, 0.15) is 5.69 Å². The SMILES string of the molecule is CCc1cc(O)c(F)cc1-c1ccc2c(C3=NC4CN(C(=O)N5CC(O)C5)CC4(C)N3)n[nH]c2c1. The lowest BCUT2D eigenvalue weighted by atomic mass is 9.96. The second kappa shape index (κ2) is 7.67. The van der Waals surface area contributed by atoms with Gasteiger partial charge in [-0.3, -0.25) is 10.1 Å². The summed E-state index contributed by atoms with van der Waals surface area (Å²) in [6.45, 7) is 5.83. The number of urea groups is 1. The Bertz CT molecular complexity index is 1380. The minimum absolute atomic E-state index is 0.0562. The number of aromatic nitrogens is 2.